The fraction of sp³-hybridized carbons (Fsp3) is 0.600. The van der Waals surface area contributed by atoms with Gasteiger partial charge in [0.1, 0.15) is 5.69 Å². The molecule has 1 aromatic carbocycles. The summed E-state index contributed by atoms with van der Waals surface area (Å²) >= 11 is 0. The van der Waals surface area contributed by atoms with Crippen LogP contribution in [0.25, 0.3) is 0 Å². The Kier molecular flexibility index (Phi) is 3.78. The molecule has 1 aromatic rings. The number of nitro benzene ring substituents is 1. The van der Waals surface area contributed by atoms with Crippen LogP contribution in [0.15, 0.2) is 18.2 Å². The largest absolute Gasteiger partial charge is 0.377 e. The first kappa shape index (κ1) is 13.8. The molecule has 0 unspecified atom stereocenters. The molecule has 0 aromatic heterocycles. The van der Waals surface area contributed by atoms with E-state index in [-0.39, 0.29) is 10.6 Å². The molecule has 1 fully saturated rings. The lowest BCUT2D eigenvalue weighted by Crippen LogP contribution is -2.30. The van der Waals surface area contributed by atoms with Gasteiger partial charge < -0.3 is 5.32 Å². The number of aryl methyl sites for hydroxylation is 1. The zero-order valence-corrected chi connectivity index (χ0v) is 11.9. The Morgan fingerprint density at radius 3 is 2.53 bits per heavy atom. The molecule has 0 bridgehead atoms. The van der Waals surface area contributed by atoms with Crippen molar-refractivity contribution in [2.24, 2.45) is 5.41 Å². The van der Waals surface area contributed by atoms with Crippen LogP contribution in [0, 0.1) is 22.5 Å². The van der Waals surface area contributed by atoms with Crippen molar-refractivity contribution in [1.29, 1.82) is 0 Å². The van der Waals surface area contributed by atoms with Crippen LogP contribution in [0.4, 0.5) is 11.4 Å². The highest BCUT2D eigenvalue weighted by atomic mass is 16.6. The number of hydrogen-bond acceptors (Lipinski definition) is 3. The molecule has 1 aliphatic rings. The van der Waals surface area contributed by atoms with Crippen molar-refractivity contribution in [1.82, 2.24) is 0 Å². The lowest BCUT2D eigenvalue weighted by molar-refractivity contribution is -0.384. The molecule has 0 heterocycles. The van der Waals surface area contributed by atoms with E-state index in [0.717, 1.165) is 18.4 Å². The van der Waals surface area contributed by atoms with Gasteiger partial charge in [-0.15, -0.1) is 0 Å². The Bertz CT molecular complexity index is 473. The normalized spacial score (nSPS) is 19.1. The van der Waals surface area contributed by atoms with Gasteiger partial charge in [-0.3, -0.25) is 10.1 Å². The molecule has 0 atom stereocenters. The van der Waals surface area contributed by atoms with Crippen LogP contribution in [0.1, 0.15) is 45.1 Å². The smallest absolute Gasteiger partial charge is 0.292 e. The quantitative estimate of drug-likeness (QED) is 0.653. The van der Waals surface area contributed by atoms with Crippen LogP contribution in [0.5, 0.6) is 0 Å². The molecule has 0 aliphatic heterocycles. The summed E-state index contributed by atoms with van der Waals surface area (Å²) in [6.45, 7) is 6.54. The minimum absolute atomic E-state index is 0.176. The van der Waals surface area contributed by atoms with E-state index < -0.39 is 0 Å². The SMILES string of the molecule is Cc1ccc([N+](=O)[O-])c(NC2CCC(C)(C)CC2)c1. The highest BCUT2D eigenvalue weighted by molar-refractivity contribution is 5.63. The molecule has 104 valence electrons. The molecule has 19 heavy (non-hydrogen) atoms. The summed E-state index contributed by atoms with van der Waals surface area (Å²) in [5.74, 6) is 0. The summed E-state index contributed by atoms with van der Waals surface area (Å²) in [6.07, 6.45) is 4.50. The van der Waals surface area contributed by atoms with E-state index in [1.807, 2.05) is 13.0 Å². The summed E-state index contributed by atoms with van der Waals surface area (Å²) < 4.78 is 0. The van der Waals surface area contributed by atoms with E-state index in [4.69, 9.17) is 0 Å². The van der Waals surface area contributed by atoms with Crippen molar-refractivity contribution in [3.05, 3.63) is 33.9 Å². The van der Waals surface area contributed by atoms with E-state index in [1.165, 1.54) is 12.8 Å². The van der Waals surface area contributed by atoms with E-state index in [9.17, 15) is 10.1 Å². The number of nitrogens with one attached hydrogen (secondary N) is 1. The second-order valence-corrected chi connectivity index (χ2v) is 6.36. The van der Waals surface area contributed by atoms with Crippen LogP contribution >= 0.6 is 0 Å². The van der Waals surface area contributed by atoms with Crippen molar-refractivity contribution in [2.75, 3.05) is 5.32 Å². The maximum Gasteiger partial charge on any atom is 0.292 e. The zero-order valence-electron chi connectivity index (χ0n) is 11.9. The monoisotopic (exact) mass is 262 g/mol. The Morgan fingerprint density at radius 1 is 1.32 bits per heavy atom. The van der Waals surface area contributed by atoms with E-state index in [1.54, 1.807) is 12.1 Å². The van der Waals surface area contributed by atoms with Crippen LogP contribution in [-0.2, 0) is 0 Å². The summed E-state index contributed by atoms with van der Waals surface area (Å²) in [5.41, 5.74) is 2.30. The third kappa shape index (κ3) is 3.46. The molecule has 0 spiro atoms. The van der Waals surface area contributed by atoms with Gasteiger partial charge in [0, 0.05) is 12.1 Å². The van der Waals surface area contributed by atoms with Crippen LogP contribution in [0.3, 0.4) is 0 Å². The second kappa shape index (κ2) is 5.19. The maximum atomic E-state index is 11.0. The van der Waals surface area contributed by atoms with Gasteiger partial charge in [0.25, 0.3) is 5.69 Å². The topological polar surface area (TPSA) is 55.2 Å². The van der Waals surface area contributed by atoms with Gasteiger partial charge in [-0.25, -0.2) is 0 Å². The highest BCUT2D eigenvalue weighted by Gasteiger charge is 2.27. The van der Waals surface area contributed by atoms with Crippen molar-refractivity contribution in [2.45, 2.75) is 52.5 Å². The van der Waals surface area contributed by atoms with Crippen LogP contribution in [-0.4, -0.2) is 11.0 Å². The molecule has 0 amide bonds. The predicted octanol–water partition coefficient (Wildman–Crippen LogP) is 4.28. The van der Waals surface area contributed by atoms with Crippen molar-refractivity contribution < 1.29 is 4.92 Å². The molecule has 1 aliphatic carbocycles. The third-order valence-electron chi connectivity index (χ3n) is 4.05. The average Bonchev–Trinajstić information content (AvgIpc) is 2.31. The number of anilines is 1. The number of hydrogen-bond donors (Lipinski definition) is 1. The first-order chi connectivity index (χ1) is 8.87. The highest BCUT2D eigenvalue weighted by Crippen LogP contribution is 2.37. The van der Waals surface area contributed by atoms with Gasteiger partial charge in [-0.1, -0.05) is 19.9 Å². The molecular weight excluding hydrogens is 240 g/mol. The predicted molar refractivity (Wildman–Crippen MR) is 77.5 cm³/mol. The maximum absolute atomic E-state index is 11.0. The third-order valence-corrected chi connectivity index (χ3v) is 4.05. The fourth-order valence-corrected chi connectivity index (χ4v) is 2.69. The van der Waals surface area contributed by atoms with Crippen molar-refractivity contribution >= 4 is 11.4 Å². The Balaban J connectivity index is 2.11. The van der Waals surface area contributed by atoms with Crippen molar-refractivity contribution in [3.63, 3.8) is 0 Å². The van der Waals surface area contributed by atoms with E-state index in [0.29, 0.717) is 17.1 Å². The molecule has 4 heteroatoms. The van der Waals surface area contributed by atoms with Crippen LogP contribution < -0.4 is 5.32 Å². The van der Waals surface area contributed by atoms with Gasteiger partial charge >= 0.3 is 0 Å². The van der Waals surface area contributed by atoms with E-state index >= 15 is 0 Å². The van der Waals surface area contributed by atoms with Crippen molar-refractivity contribution in [3.8, 4) is 0 Å². The van der Waals surface area contributed by atoms with Gasteiger partial charge in [-0.05, 0) is 49.7 Å². The Hall–Kier alpha value is -1.58. The lowest BCUT2D eigenvalue weighted by atomic mass is 9.75. The van der Waals surface area contributed by atoms with E-state index in [2.05, 4.69) is 19.2 Å². The number of nitrogens with zero attached hydrogens (tertiary/aromatic N) is 1. The second-order valence-electron chi connectivity index (χ2n) is 6.36. The minimum atomic E-state index is -0.311. The Morgan fingerprint density at radius 2 is 1.95 bits per heavy atom. The molecule has 4 nitrogen and oxygen atoms in total. The molecule has 2 rings (SSSR count). The average molecular weight is 262 g/mol. The first-order valence-electron chi connectivity index (χ1n) is 6.89. The number of nitro groups is 1. The zero-order chi connectivity index (χ0) is 14.0. The van der Waals surface area contributed by atoms with Gasteiger partial charge in [0.15, 0.2) is 0 Å². The first-order valence-corrected chi connectivity index (χ1v) is 6.89. The molecular formula is C15H22N2O2. The number of rotatable bonds is 3. The van der Waals surface area contributed by atoms with Gasteiger partial charge in [0.05, 0.1) is 4.92 Å². The molecule has 0 saturated heterocycles. The lowest BCUT2D eigenvalue weighted by Gasteiger charge is -2.35. The standard InChI is InChI=1S/C15H22N2O2/c1-11-4-5-14(17(18)19)13(10-11)16-12-6-8-15(2,3)9-7-12/h4-5,10,12,16H,6-9H2,1-3H3. The molecule has 0 radical (unpaired) electrons. The summed E-state index contributed by atoms with van der Waals surface area (Å²) in [7, 11) is 0. The van der Waals surface area contributed by atoms with Gasteiger partial charge in [-0.2, -0.15) is 0 Å². The number of benzene rings is 1. The summed E-state index contributed by atoms with van der Waals surface area (Å²) in [6, 6.07) is 5.60. The van der Waals surface area contributed by atoms with Gasteiger partial charge in [0.2, 0.25) is 0 Å². The summed E-state index contributed by atoms with van der Waals surface area (Å²) in [5, 5.41) is 14.4. The molecule has 1 N–H and O–H groups in total. The fourth-order valence-electron chi connectivity index (χ4n) is 2.69. The molecule has 1 saturated carbocycles. The van der Waals surface area contributed by atoms with Crippen LogP contribution in [0.2, 0.25) is 0 Å². The minimum Gasteiger partial charge on any atom is -0.377 e. The Labute approximate surface area is 114 Å². The summed E-state index contributed by atoms with van der Waals surface area (Å²) in [4.78, 5) is 10.7.